The maximum absolute atomic E-state index is 13.1. The van der Waals surface area contributed by atoms with Crippen molar-refractivity contribution in [1.29, 1.82) is 0 Å². The third-order valence-corrected chi connectivity index (χ3v) is 7.76. The highest BCUT2D eigenvalue weighted by atomic mass is 35.5. The number of methoxy groups -OCH3 is 2. The number of unbranched alkanes of at least 4 members (excludes halogenated alkanes) is 1. The molecule has 1 aliphatic rings. The van der Waals surface area contributed by atoms with Gasteiger partial charge in [-0.15, -0.1) is 12.3 Å². The molecule has 5 atom stereocenters. The highest BCUT2D eigenvalue weighted by Gasteiger charge is 2.47. The smallest absolute Gasteiger partial charge is 0.339 e. The minimum absolute atomic E-state index is 0.00629. The number of benzene rings is 2. The molecule has 1 fully saturated rings. The first-order chi connectivity index (χ1) is 20.1. The first-order valence-electron chi connectivity index (χ1n) is 13.1. The molecule has 0 spiro atoms. The van der Waals surface area contributed by atoms with Gasteiger partial charge in [-0.05, 0) is 37.1 Å². The molecule has 1 aromatic heterocycles. The summed E-state index contributed by atoms with van der Waals surface area (Å²) in [5, 5.41) is 30.2. The Morgan fingerprint density at radius 2 is 1.98 bits per heavy atom. The number of aryl methyl sites for hydroxylation is 1. The number of ether oxygens (including phenoxy) is 5. The quantitative estimate of drug-likeness (QED) is 0.166. The third-order valence-electron chi connectivity index (χ3n) is 7.02. The van der Waals surface area contributed by atoms with Crippen LogP contribution in [-0.2, 0) is 27.4 Å². The van der Waals surface area contributed by atoms with Crippen LogP contribution in [0.4, 0.5) is 0 Å². The second-order valence-corrected chi connectivity index (χ2v) is 10.4. The molecule has 0 aliphatic carbocycles. The molecular formula is C29H32Cl2N2O9. The van der Waals surface area contributed by atoms with E-state index in [-0.39, 0.29) is 28.0 Å². The van der Waals surface area contributed by atoms with Gasteiger partial charge in [0, 0.05) is 26.1 Å². The standard InChI is InChI=1S/C29H32Cl2N2O9/c1-5-6-7-10-33-20-9-8-16(38-3)11-19(20)32-22(33)14-40-26-18(30)12-17(15(2)23(26)31)28(37)42-27-25(36)24(35)21(13-34)41-29(27)39-4/h1,8-9,11-12,21,24-25,27,29,34-36H,6-7,10,13-14H2,2-4H3/t21-,24-,25+,27-,29+/m1/s1. The molecule has 42 heavy (non-hydrogen) atoms. The number of carbonyl (C=O) groups is 1. The van der Waals surface area contributed by atoms with E-state index in [0.29, 0.717) is 30.1 Å². The number of terminal acetylenes is 1. The lowest BCUT2D eigenvalue weighted by atomic mass is 9.99. The SMILES string of the molecule is C#CCCCn1c(COc2c(Cl)cc(C(=O)O[C@H]3[C@@H](OC)O[C@H](CO)[C@@H](O)[C@@H]3O)c(C)c2Cl)nc2cc(OC)ccc21. The fourth-order valence-corrected chi connectivity index (χ4v) is 5.28. The van der Waals surface area contributed by atoms with Gasteiger partial charge in [0.05, 0.1) is 40.4 Å². The number of halogens is 2. The average molecular weight is 623 g/mol. The molecule has 2 aromatic carbocycles. The Labute approximate surface area is 252 Å². The van der Waals surface area contributed by atoms with Crippen molar-refractivity contribution in [3.05, 3.63) is 51.3 Å². The largest absolute Gasteiger partial charge is 0.497 e. The summed E-state index contributed by atoms with van der Waals surface area (Å²) in [6.07, 6.45) is -0.0728. The molecule has 11 nitrogen and oxygen atoms in total. The number of aromatic nitrogens is 2. The first-order valence-corrected chi connectivity index (χ1v) is 13.8. The lowest BCUT2D eigenvalue weighted by Gasteiger charge is -2.40. The Morgan fingerprint density at radius 3 is 2.64 bits per heavy atom. The number of aliphatic hydroxyl groups excluding tert-OH is 3. The van der Waals surface area contributed by atoms with Crippen molar-refractivity contribution in [1.82, 2.24) is 9.55 Å². The molecule has 226 valence electrons. The fraction of sp³-hybridized carbons (Fsp3) is 0.448. The Kier molecular flexibility index (Phi) is 10.6. The lowest BCUT2D eigenvalue weighted by Crippen LogP contribution is -2.60. The van der Waals surface area contributed by atoms with E-state index >= 15 is 0 Å². The number of rotatable bonds is 11. The zero-order valence-electron chi connectivity index (χ0n) is 23.3. The normalized spacial score (nSPS) is 22.1. The summed E-state index contributed by atoms with van der Waals surface area (Å²) >= 11 is 13.1. The molecule has 3 aromatic rings. The van der Waals surface area contributed by atoms with E-state index in [1.807, 2.05) is 22.8 Å². The summed E-state index contributed by atoms with van der Waals surface area (Å²) in [4.78, 5) is 17.9. The van der Waals surface area contributed by atoms with E-state index in [1.54, 1.807) is 14.0 Å². The summed E-state index contributed by atoms with van der Waals surface area (Å²) in [7, 11) is 2.85. The fourth-order valence-electron chi connectivity index (χ4n) is 4.72. The number of imidazole rings is 1. The van der Waals surface area contributed by atoms with E-state index in [1.165, 1.54) is 13.2 Å². The van der Waals surface area contributed by atoms with E-state index in [4.69, 9.17) is 58.3 Å². The number of carbonyl (C=O) groups excluding carboxylic acids is 1. The molecular weight excluding hydrogens is 591 g/mol. The zero-order valence-corrected chi connectivity index (χ0v) is 24.8. The Hall–Kier alpha value is -3.08. The summed E-state index contributed by atoms with van der Waals surface area (Å²) < 4.78 is 29.4. The minimum Gasteiger partial charge on any atom is -0.497 e. The molecule has 0 amide bonds. The van der Waals surface area contributed by atoms with Crippen LogP contribution >= 0.6 is 23.2 Å². The lowest BCUT2D eigenvalue weighted by molar-refractivity contribution is -0.293. The van der Waals surface area contributed by atoms with Crippen LogP contribution in [0.15, 0.2) is 24.3 Å². The second-order valence-electron chi connectivity index (χ2n) is 9.62. The molecule has 0 bridgehead atoms. The third kappa shape index (κ3) is 6.45. The van der Waals surface area contributed by atoms with Crippen LogP contribution in [0.2, 0.25) is 10.0 Å². The van der Waals surface area contributed by atoms with E-state index in [0.717, 1.165) is 17.5 Å². The summed E-state index contributed by atoms with van der Waals surface area (Å²) in [6.45, 7) is 1.65. The summed E-state index contributed by atoms with van der Waals surface area (Å²) in [6, 6.07) is 6.93. The highest BCUT2D eigenvalue weighted by Crippen LogP contribution is 2.39. The molecule has 1 saturated heterocycles. The number of esters is 1. The Morgan fingerprint density at radius 1 is 1.21 bits per heavy atom. The van der Waals surface area contributed by atoms with Gasteiger partial charge in [0.25, 0.3) is 0 Å². The topological polar surface area (TPSA) is 142 Å². The van der Waals surface area contributed by atoms with Crippen LogP contribution in [0.5, 0.6) is 11.5 Å². The van der Waals surface area contributed by atoms with Gasteiger partial charge >= 0.3 is 5.97 Å². The van der Waals surface area contributed by atoms with Gasteiger partial charge in [-0.2, -0.15) is 0 Å². The van der Waals surface area contributed by atoms with Gasteiger partial charge in [0.2, 0.25) is 0 Å². The van der Waals surface area contributed by atoms with E-state index < -0.39 is 43.3 Å². The Bertz CT molecular complexity index is 1470. The van der Waals surface area contributed by atoms with Crippen molar-refractivity contribution in [3.63, 3.8) is 0 Å². The van der Waals surface area contributed by atoms with Crippen LogP contribution in [0.1, 0.15) is 34.6 Å². The van der Waals surface area contributed by atoms with Gasteiger partial charge < -0.3 is 43.6 Å². The van der Waals surface area contributed by atoms with Crippen LogP contribution in [0.3, 0.4) is 0 Å². The number of hydrogen-bond donors (Lipinski definition) is 3. The van der Waals surface area contributed by atoms with E-state index in [2.05, 4.69) is 5.92 Å². The monoisotopic (exact) mass is 622 g/mol. The highest BCUT2D eigenvalue weighted by molar-refractivity contribution is 6.38. The first kappa shape index (κ1) is 31.8. The second kappa shape index (κ2) is 13.9. The maximum atomic E-state index is 13.1. The van der Waals surface area contributed by atoms with Crippen LogP contribution < -0.4 is 9.47 Å². The van der Waals surface area contributed by atoms with E-state index in [9.17, 15) is 20.1 Å². The van der Waals surface area contributed by atoms with Crippen molar-refractivity contribution in [2.45, 2.75) is 63.6 Å². The number of fused-ring (bicyclic) bond motifs is 1. The van der Waals surface area contributed by atoms with Gasteiger partial charge in [-0.25, -0.2) is 9.78 Å². The molecule has 0 saturated carbocycles. The average Bonchev–Trinajstić information content (AvgIpc) is 3.33. The van der Waals surface area contributed by atoms with Crippen LogP contribution in [0, 0.1) is 19.3 Å². The number of nitrogens with zero attached hydrogens (tertiary/aromatic N) is 2. The maximum Gasteiger partial charge on any atom is 0.339 e. The van der Waals surface area contributed by atoms with Gasteiger partial charge in [-0.3, -0.25) is 0 Å². The van der Waals surface area contributed by atoms with Crippen molar-refractivity contribution < 1.29 is 43.8 Å². The molecule has 2 heterocycles. The van der Waals surface area contributed by atoms with Crippen molar-refractivity contribution in [2.75, 3.05) is 20.8 Å². The molecule has 1 aliphatic heterocycles. The summed E-state index contributed by atoms with van der Waals surface area (Å²) in [5.41, 5.74) is 1.92. The predicted octanol–water partition coefficient (Wildman–Crippen LogP) is 3.26. The van der Waals surface area contributed by atoms with Crippen molar-refractivity contribution in [2.24, 2.45) is 0 Å². The molecule has 0 unspecified atom stereocenters. The van der Waals surface area contributed by atoms with Gasteiger partial charge in [0.15, 0.2) is 18.1 Å². The molecule has 13 heteroatoms. The van der Waals surface area contributed by atoms with Gasteiger partial charge in [-0.1, -0.05) is 23.2 Å². The van der Waals surface area contributed by atoms with Crippen LogP contribution in [-0.4, -0.2) is 82.4 Å². The molecule has 3 N–H and O–H groups in total. The Balaban J connectivity index is 1.56. The molecule has 0 radical (unpaired) electrons. The summed E-state index contributed by atoms with van der Waals surface area (Å²) in [5.74, 6) is 3.17. The minimum atomic E-state index is -1.58. The zero-order chi connectivity index (χ0) is 30.6. The van der Waals surface area contributed by atoms with Gasteiger partial charge in [0.1, 0.15) is 36.5 Å². The van der Waals surface area contributed by atoms with Crippen LogP contribution in [0.25, 0.3) is 11.0 Å². The number of aliphatic hydroxyl groups is 3. The number of hydrogen-bond acceptors (Lipinski definition) is 10. The predicted molar refractivity (Wildman–Crippen MR) is 154 cm³/mol. The van der Waals surface area contributed by atoms with Crippen molar-refractivity contribution >= 4 is 40.2 Å². The molecule has 4 rings (SSSR count). The van der Waals surface area contributed by atoms with Crippen molar-refractivity contribution in [3.8, 4) is 23.8 Å².